The molecule has 0 saturated carbocycles. The van der Waals surface area contributed by atoms with E-state index in [1.54, 1.807) is 0 Å². The fraction of sp³-hybridized carbons (Fsp3) is 0.600. The molecule has 10 nitrogen and oxygen atoms in total. The van der Waals surface area contributed by atoms with Crippen LogP contribution in [0.3, 0.4) is 0 Å². The largest absolute Gasteiger partial charge is 0.377 e. The molecule has 54 heavy (non-hydrogen) atoms. The number of thiocarbonyl (C=S) groups is 4. The molecule has 4 N–H and O–H groups in total. The van der Waals surface area contributed by atoms with Crippen LogP contribution in [-0.4, -0.2) is 119 Å². The second kappa shape index (κ2) is 23.9. The van der Waals surface area contributed by atoms with Crippen LogP contribution in [0.1, 0.15) is 62.5 Å². The molecule has 4 bridgehead atoms. The maximum absolute atomic E-state index is 5.94. The number of ether oxygens (including phenoxy) is 2. The minimum absolute atomic E-state index is 0.461. The predicted octanol–water partition coefficient (Wildman–Crippen LogP) is 5.44. The maximum atomic E-state index is 5.94. The topological polar surface area (TPSA) is 79.5 Å². The molecular formula is C40H60N8O2S4. The Kier molecular flexibility index (Phi) is 18.7. The summed E-state index contributed by atoms with van der Waals surface area (Å²) in [6.07, 6.45) is 8.30. The van der Waals surface area contributed by atoms with E-state index in [4.69, 9.17) is 58.3 Å². The number of fused-ring (bicyclic) bond motifs is 4. The van der Waals surface area contributed by atoms with E-state index in [0.29, 0.717) is 38.4 Å². The molecule has 0 aromatic heterocycles. The quantitative estimate of drug-likeness (QED) is 0.145. The zero-order valence-corrected chi connectivity index (χ0v) is 35.0. The molecule has 0 unspecified atom stereocenters. The van der Waals surface area contributed by atoms with Gasteiger partial charge >= 0.3 is 0 Å². The average molecular weight is 813 g/mol. The summed E-state index contributed by atoms with van der Waals surface area (Å²) in [6, 6.07) is 20.7. The number of unbranched alkanes of at least 4 members (excludes halogenated alkanes) is 2. The van der Waals surface area contributed by atoms with Crippen molar-refractivity contribution >= 4 is 69.3 Å². The van der Waals surface area contributed by atoms with Gasteiger partial charge in [-0.15, -0.1) is 0 Å². The monoisotopic (exact) mass is 812 g/mol. The Bertz CT molecular complexity index is 1280. The van der Waals surface area contributed by atoms with Gasteiger partial charge in [-0.25, -0.2) is 0 Å². The lowest BCUT2D eigenvalue weighted by molar-refractivity contribution is 0.110. The Morgan fingerprint density at radius 1 is 0.481 bits per heavy atom. The highest BCUT2D eigenvalue weighted by molar-refractivity contribution is 7.80. The molecule has 3 fully saturated rings. The van der Waals surface area contributed by atoms with Crippen LogP contribution in [0.2, 0.25) is 0 Å². The van der Waals surface area contributed by atoms with Crippen LogP contribution in [-0.2, 0) is 22.7 Å². The van der Waals surface area contributed by atoms with Gasteiger partial charge in [-0.3, -0.25) is 0 Å². The highest BCUT2D eigenvalue weighted by Crippen LogP contribution is 2.21. The van der Waals surface area contributed by atoms with E-state index in [1.807, 2.05) is 12.1 Å². The summed E-state index contributed by atoms with van der Waals surface area (Å²) < 4.78 is 11.9. The van der Waals surface area contributed by atoms with E-state index in [-0.39, 0.29) is 0 Å². The smallest absolute Gasteiger partial charge is 0.170 e. The van der Waals surface area contributed by atoms with Crippen LogP contribution in [0.4, 0.5) is 0 Å². The average Bonchev–Trinajstić information content (AvgIpc) is 3.20. The first-order valence-electron chi connectivity index (χ1n) is 19.8. The number of hydrogen-bond acceptors (Lipinski definition) is 6. The molecule has 5 rings (SSSR count). The molecule has 0 amide bonds. The van der Waals surface area contributed by atoms with E-state index < -0.39 is 0 Å². The van der Waals surface area contributed by atoms with Gasteiger partial charge in [0.15, 0.2) is 20.4 Å². The first kappa shape index (κ1) is 42.3. The fourth-order valence-corrected chi connectivity index (χ4v) is 8.10. The van der Waals surface area contributed by atoms with Crippen LogP contribution in [0, 0.1) is 11.8 Å². The number of benzene rings is 2. The molecule has 3 saturated heterocycles. The highest BCUT2D eigenvalue weighted by Gasteiger charge is 2.29. The molecule has 0 atom stereocenters. The van der Waals surface area contributed by atoms with E-state index in [2.05, 4.69) is 89.4 Å². The third kappa shape index (κ3) is 15.0. The lowest BCUT2D eigenvalue weighted by atomic mass is 9.99. The first-order valence-corrected chi connectivity index (χ1v) is 21.4. The predicted molar refractivity (Wildman–Crippen MR) is 235 cm³/mol. The number of rotatable bonds is 14. The third-order valence-electron chi connectivity index (χ3n) is 10.1. The maximum Gasteiger partial charge on any atom is 0.170 e. The van der Waals surface area contributed by atoms with Crippen molar-refractivity contribution in [3.05, 3.63) is 71.8 Å². The standard InChI is InChI=1S/C40H60N8O2S4/c51-37-41-19-11-21-43-39(53)47-27-36(18-8-10-24-50-30-34-15-5-2-6-16-34)28-48(32-47)40(54)44-22-12-20-42-38(52)46-26-35(25-45(37)31-46)17-7-9-23-49-29-33-13-3-1-4-14-33/h1-6,13-16,35-36H,7-12,17-32H2,(H,41,51)(H,42,52)(H,43,53)(H,44,54). The van der Waals surface area contributed by atoms with Crippen molar-refractivity contribution < 1.29 is 9.47 Å². The first-order chi connectivity index (χ1) is 26.4. The summed E-state index contributed by atoms with van der Waals surface area (Å²) in [6.45, 7) is 11.0. The molecule has 14 heteroatoms. The Balaban J connectivity index is 1.08. The van der Waals surface area contributed by atoms with Crippen molar-refractivity contribution in [1.82, 2.24) is 40.9 Å². The minimum atomic E-state index is 0.461. The van der Waals surface area contributed by atoms with E-state index in [1.165, 1.54) is 11.1 Å². The molecule has 2 aromatic carbocycles. The molecule has 296 valence electrons. The van der Waals surface area contributed by atoms with Crippen LogP contribution < -0.4 is 21.3 Å². The summed E-state index contributed by atoms with van der Waals surface area (Å²) in [5.41, 5.74) is 2.43. The highest BCUT2D eigenvalue weighted by atomic mass is 32.1. The van der Waals surface area contributed by atoms with Gasteiger partial charge in [0.05, 0.1) is 26.6 Å². The van der Waals surface area contributed by atoms with Gasteiger partial charge in [-0.2, -0.15) is 0 Å². The fourth-order valence-electron chi connectivity index (χ4n) is 7.17. The van der Waals surface area contributed by atoms with Gasteiger partial charge < -0.3 is 50.3 Å². The van der Waals surface area contributed by atoms with Gasteiger partial charge in [0, 0.05) is 65.6 Å². The second-order valence-electron chi connectivity index (χ2n) is 14.6. The normalized spacial score (nSPS) is 18.8. The zero-order valence-electron chi connectivity index (χ0n) is 31.7. The molecule has 0 radical (unpaired) electrons. The Labute approximate surface area is 345 Å². The lowest BCUT2D eigenvalue weighted by Gasteiger charge is -2.43. The minimum Gasteiger partial charge on any atom is -0.377 e. The Morgan fingerprint density at radius 3 is 1.15 bits per heavy atom. The van der Waals surface area contributed by atoms with Crippen molar-refractivity contribution in [2.45, 2.75) is 64.6 Å². The summed E-state index contributed by atoms with van der Waals surface area (Å²) >= 11 is 23.7. The van der Waals surface area contributed by atoms with Gasteiger partial charge in [0.1, 0.15) is 0 Å². The van der Waals surface area contributed by atoms with Gasteiger partial charge in [0.25, 0.3) is 0 Å². The lowest BCUT2D eigenvalue weighted by Crippen LogP contribution is -2.58. The molecule has 3 aliphatic rings. The van der Waals surface area contributed by atoms with Crippen molar-refractivity contribution in [1.29, 1.82) is 0 Å². The molecule has 0 aliphatic carbocycles. The Hall–Kier alpha value is -2.88. The van der Waals surface area contributed by atoms with Gasteiger partial charge in [-0.1, -0.05) is 73.5 Å². The van der Waals surface area contributed by atoms with E-state index in [9.17, 15) is 0 Å². The van der Waals surface area contributed by atoms with Crippen molar-refractivity contribution in [2.75, 3.05) is 78.9 Å². The number of hydrogen-bond donors (Lipinski definition) is 4. The molecular weight excluding hydrogens is 753 g/mol. The number of nitrogens with one attached hydrogen (secondary N) is 4. The van der Waals surface area contributed by atoms with Gasteiger partial charge in [-0.05, 0) is 110 Å². The van der Waals surface area contributed by atoms with Gasteiger partial charge in [0.2, 0.25) is 0 Å². The van der Waals surface area contributed by atoms with Crippen molar-refractivity contribution in [3.8, 4) is 0 Å². The van der Waals surface area contributed by atoms with Crippen LogP contribution in [0.25, 0.3) is 0 Å². The molecule has 2 aromatic rings. The summed E-state index contributed by atoms with van der Waals surface area (Å²) in [7, 11) is 0. The third-order valence-corrected chi connectivity index (χ3v) is 11.7. The zero-order chi connectivity index (χ0) is 37.8. The molecule has 3 aliphatic heterocycles. The van der Waals surface area contributed by atoms with E-state index in [0.717, 1.165) is 137 Å². The summed E-state index contributed by atoms with van der Waals surface area (Å²) in [4.78, 5) is 9.10. The SMILES string of the molecule is S=C1NCCCNC(=S)N2CC(CCCCOCc3ccccc3)CN(C2)C(=S)NCCCNC(=S)N2CC(CCCCOCc3ccccc3)CN1C2. The Morgan fingerprint density at radius 2 is 0.815 bits per heavy atom. The second-order valence-corrected chi connectivity index (χ2v) is 16.2. The van der Waals surface area contributed by atoms with E-state index >= 15 is 0 Å². The molecule has 3 heterocycles. The summed E-state index contributed by atoms with van der Waals surface area (Å²) in [5, 5.41) is 17.2. The van der Waals surface area contributed by atoms with Crippen LogP contribution in [0.15, 0.2) is 60.7 Å². The summed E-state index contributed by atoms with van der Waals surface area (Å²) in [5.74, 6) is 0.922. The van der Waals surface area contributed by atoms with Crippen molar-refractivity contribution in [2.24, 2.45) is 11.8 Å². The van der Waals surface area contributed by atoms with Crippen LogP contribution in [0.5, 0.6) is 0 Å². The molecule has 0 spiro atoms. The van der Waals surface area contributed by atoms with Crippen LogP contribution >= 0.6 is 48.9 Å². The number of nitrogens with zero attached hydrogens (tertiary/aromatic N) is 4. The van der Waals surface area contributed by atoms with Crippen molar-refractivity contribution in [3.63, 3.8) is 0 Å².